The average Bonchev–Trinajstić information content (AvgIpc) is 3.16. The van der Waals surface area contributed by atoms with Crippen molar-refractivity contribution in [2.75, 3.05) is 6.54 Å². The molecule has 2 aliphatic heterocycles. The number of phenols is 1. The first-order valence-corrected chi connectivity index (χ1v) is 10.1. The number of amides is 4. The zero-order chi connectivity index (χ0) is 22.0. The van der Waals surface area contributed by atoms with Gasteiger partial charge in [0.1, 0.15) is 23.7 Å². The van der Waals surface area contributed by atoms with Crippen molar-refractivity contribution in [1.29, 1.82) is 0 Å². The molecule has 162 valence electrons. The molecule has 31 heavy (non-hydrogen) atoms. The van der Waals surface area contributed by atoms with Crippen molar-refractivity contribution in [1.82, 2.24) is 20.9 Å². The summed E-state index contributed by atoms with van der Waals surface area (Å²) >= 11 is 0. The van der Waals surface area contributed by atoms with Gasteiger partial charge >= 0.3 is 6.03 Å². The van der Waals surface area contributed by atoms with E-state index < -0.39 is 18.1 Å². The average molecular weight is 426 g/mol. The molecule has 2 saturated heterocycles. The van der Waals surface area contributed by atoms with Crippen LogP contribution in [-0.2, 0) is 22.6 Å². The van der Waals surface area contributed by atoms with Gasteiger partial charge in [-0.05, 0) is 41.8 Å². The maximum atomic E-state index is 13.2. The Morgan fingerprint density at radius 2 is 1.94 bits per heavy atom. The van der Waals surface area contributed by atoms with E-state index in [4.69, 9.17) is 0 Å². The van der Waals surface area contributed by atoms with Crippen molar-refractivity contribution in [2.24, 2.45) is 0 Å². The van der Waals surface area contributed by atoms with Gasteiger partial charge in [0.15, 0.2) is 0 Å². The summed E-state index contributed by atoms with van der Waals surface area (Å²) < 4.78 is 13.2. The molecule has 2 aromatic rings. The van der Waals surface area contributed by atoms with E-state index in [1.165, 1.54) is 29.2 Å². The molecule has 8 nitrogen and oxygen atoms in total. The number of hydrogen-bond acceptors (Lipinski definition) is 4. The van der Waals surface area contributed by atoms with Crippen LogP contribution in [0.4, 0.5) is 9.18 Å². The second-order valence-corrected chi connectivity index (χ2v) is 7.83. The first-order chi connectivity index (χ1) is 14.9. The Labute approximate surface area is 178 Å². The largest absolute Gasteiger partial charge is 0.508 e. The Morgan fingerprint density at radius 3 is 2.68 bits per heavy atom. The number of nitrogens with zero attached hydrogens (tertiary/aromatic N) is 1. The maximum Gasteiger partial charge on any atom is 0.315 e. The van der Waals surface area contributed by atoms with Crippen LogP contribution in [0.2, 0.25) is 0 Å². The van der Waals surface area contributed by atoms with E-state index in [-0.39, 0.29) is 42.5 Å². The van der Waals surface area contributed by atoms with E-state index in [1.54, 1.807) is 24.3 Å². The molecule has 4 rings (SSSR count). The number of carbonyl (C=O) groups excluding carboxylic acids is 3. The van der Waals surface area contributed by atoms with E-state index in [1.807, 2.05) is 0 Å². The fraction of sp³-hybridized carbons (Fsp3) is 0.318. The number of rotatable bonds is 5. The van der Waals surface area contributed by atoms with Crippen molar-refractivity contribution in [3.05, 3.63) is 65.5 Å². The fourth-order valence-electron chi connectivity index (χ4n) is 4.03. The second-order valence-electron chi connectivity index (χ2n) is 7.83. The SMILES string of the molecule is O=C(NCc1cccc(F)c1)N[C@H]1C[C@H]2C(=O)N[C@@H](Cc3ccc(O)cc3)C(=O)N2C1. The van der Waals surface area contributed by atoms with Crippen molar-refractivity contribution in [3.8, 4) is 5.75 Å². The number of piperazine rings is 1. The molecule has 4 N–H and O–H groups in total. The molecule has 9 heteroatoms. The highest BCUT2D eigenvalue weighted by Crippen LogP contribution is 2.24. The van der Waals surface area contributed by atoms with E-state index in [0.717, 1.165) is 5.56 Å². The van der Waals surface area contributed by atoms with Crippen LogP contribution in [0.3, 0.4) is 0 Å². The number of nitrogens with one attached hydrogen (secondary N) is 3. The lowest BCUT2D eigenvalue weighted by Crippen LogP contribution is -2.61. The van der Waals surface area contributed by atoms with Gasteiger partial charge in [0.2, 0.25) is 11.8 Å². The van der Waals surface area contributed by atoms with Crippen molar-refractivity contribution < 1.29 is 23.9 Å². The Morgan fingerprint density at radius 1 is 1.16 bits per heavy atom. The normalized spacial score (nSPS) is 22.6. The van der Waals surface area contributed by atoms with Crippen LogP contribution in [0.5, 0.6) is 5.75 Å². The topological polar surface area (TPSA) is 111 Å². The van der Waals surface area contributed by atoms with Crippen LogP contribution in [-0.4, -0.2) is 52.5 Å². The van der Waals surface area contributed by atoms with Gasteiger partial charge in [-0.3, -0.25) is 9.59 Å². The van der Waals surface area contributed by atoms with Crippen LogP contribution in [0.25, 0.3) is 0 Å². The van der Waals surface area contributed by atoms with Gasteiger partial charge in [0, 0.05) is 19.5 Å². The standard InChI is InChI=1S/C22H23FN4O4/c23-15-3-1-2-14(8-15)11-24-22(31)25-16-10-19-20(29)26-18(21(30)27(19)12-16)9-13-4-6-17(28)7-5-13/h1-8,16,18-19,28H,9-12H2,(H,26,29)(H2,24,25,31)/t16-,18-,19-/m0/s1. The zero-order valence-corrected chi connectivity index (χ0v) is 16.7. The Balaban J connectivity index is 1.32. The fourth-order valence-corrected chi connectivity index (χ4v) is 4.03. The lowest BCUT2D eigenvalue weighted by Gasteiger charge is -2.34. The lowest BCUT2D eigenvalue weighted by molar-refractivity contribution is -0.147. The van der Waals surface area contributed by atoms with Crippen molar-refractivity contribution in [2.45, 2.75) is 37.5 Å². The third-order valence-corrected chi connectivity index (χ3v) is 5.55. The van der Waals surface area contributed by atoms with Crippen LogP contribution in [0.1, 0.15) is 17.5 Å². The third kappa shape index (κ3) is 4.76. The molecule has 2 aliphatic rings. The minimum absolute atomic E-state index is 0.131. The van der Waals surface area contributed by atoms with Crippen LogP contribution in [0.15, 0.2) is 48.5 Å². The van der Waals surface area contributed by atoms with Gasteiger partial charge in [0.05, 0.1) is 6.04 Å². The second kappa shape index (κ2) is 8.63. The molecule has 2 aromatic carbocycles. The quantitative estimate of drug-likeness (QED) is 0.573. The summed E-state index contributed by atoms with van der Waals surface area (Å²) in [6.45, 7) is 0.411. The Hall–Kier alpha value is -3.62. The molecule has 3 atom stereocenters. The number of urea groups is 1. The molecule has 0 radical (unpaired) electrons. The molecular weight excluding hydrogens is 403 g/mol. The predicted octanol–water partition coefficient (Wildman–Crippen LogP) is 1.04. The molecule has 4 amide bonds. The first kappa shape index (κ1) is 20.6. The van der Waals surface area contributed by atoms with Gasteiger partial charge in [-0.25, -0.2) is 9.18 Å². The molecule has 0 bridgehead atoms. The van der Waals surface area contributed by atoms with E-state index in [9.17, 15) is 23.9 Å². The summed E-state index contributed by atoms with van der Waals surface area (Å²) in [5, 5.41) is 17.6. The molecule has 0 aromatic heterocycles. The summed E-state index contributed by atoms with van der Waals surface area (Å²) in [7, 11) is 0. The molecule has 0 saturated carbocycles. The number of aromatic hydroxyl groups is 1. The van der Waals surface area contributed by atoms with Gasteiger partial charge in [0.25, 0.3) is 0 Å². The van der Waals surface area contributed by atoms with E-state index in [0.29, 0.717) is 18.4 Å². The summed E-state index contributed by atoms with van der Waals surface area (Å²) in [5.74, 6) is -0.680. The number of hydrogen-bond donors (Lipinski definition) is 4. The minimum Gasteiger partial charge on any atom is -0.508 e. The highest BCUT2D eigenvalue weighted by atomic mass is 19.1. The molecule has 2 fully saturated rings. The minimum atomic E-state index is -0.686. The lowest BCUT2D eigenvalue weighted by atomic mass is 10.0. The molecule has 0 spiro atoms. The smallest absolute Gasteiger partial charge is 0.315 e. The summed E-state index contributed by atoms with van der Waals surface area (Å²) in [6, 6.07) is 10.3. The number of benzene rings is 2. The van der Waals surface area contributed by atoms with Gasteiger partial charge in [-0.2, -0.15) is 0 Å². The highest BCUT2D eigenvalue weighted by Gasteiger charge is 2.46. The molecular formula is C22H23FN4O4. The summed E-state index contributed by atoms with van der Waals surface area (Å²) in [4.78, 5) is 39.2. The summed E-state index contributed by atoms with van der Waals surface area (Å²) in [6.07, 6.45) is 0.650. The zero-order valence-electron chi connectivity index (χ0n) is 16.7. The van der Waals surface area contributed by atoms with Crippen molar-refractivity contribution in [3.63, 3.8) is 0 Å². The van der Waals surface area contributed by atoms with Crippen molar-refractivity contribution >= 4 is 17.8 Å². The van der Waals surface area contributed by atoms with Gasteiger partial charge < -0.3 is 26.0 Å². The first-order valence-electron chi connectivity index (χ1n) is 10.1. The number of fused-ring (bicyclic) bond motifs is 1. The number of carbonyl (C=O) groups is 3. The van der Waals surface area contributed by atoms with E-state index in [2.05, 4.69) is 16.0 Å². The number of phenolic OH excluding ortho intramolecular Hbond substituents is 1. The summed E-state index contributed by atoms with van der Waals surface area (Å²) in [5.41, 5.74) is 1.45. The molecule has 2 heterocycles. The highest BCUT2D eigenvalue weighted by molar-refractivity contribution is 5.97. The molecule has 0 unspecified atom stereocenters. The monoisotopic (exact) mass is 426 g/mol. The van der Waals surface area contributed by atoms with Gasteiger partial charge in [-0.15, -0.1) is 0 Å². The maximum absolute atomic E-state index is 13.2. The van der Waals surface area contributed by atoms with Crippen LogP contribution < -0.4 is 16.0 Å². The Bertz CT molecular complexity index is 997. The predicted molar refractivity (Wildman–Crippen MR) is 109 cm³/mol. The number of halogens is 1. The van der Waals surface area contributed by atoms with Crippen LogP contribution in [0, 0.1) is 5.82 Å². The van der Waals surface area contributed by atoms with Gasteiger partial charge in [-0.1, -0.05) is 24.3 Å². The van der Waals surface area contributed by atoms with E-state index >= 15 is 0 Å². The Kier molecular flexibility index (Phi) is 5.75. The molecule has 0 aliphatic carbocycles. The van der Waals surface area contributed by atoms with Crippen LogP contribution >= 0.6 is 0 Å². The third-order valence-electron chi connectivity index (χ3n) is 5.55.